The fourth-order valence-electron chi connectivity index (χ4n) is 0.800. The number of hydrogen-bond acceptors (Lipinski definition) is 2. The first kappa shape index (κ1) is 9.39. The Bertz CT molecular complexity index is 271. The third-order valence-corrected chi connectivity index (χ3v) is 1.81. The molecular weight excluding hydrogens is 216 g/mol. The highest BCUT2D eigenvalue weighted by Crippen LogP contribution is 1.98. The Morgan fingerprint density at radius 2 is 2.42 bits per heavy atom. The lowest BCUT2D eigenvalue weighted by atomic mass is 10.4. The molecule has 0 atom stereocenters. The van der Waals surface area contributed by atoms with Gasteiger partial charge in [-0.25, -0.2) is 9.97 Å². The molecule has 0 unspecified atom stereocenters. The Morgan fingerprint density at radius 1 is 1.58 bits per heavy atom. The molecule has 0 saturated heterocycles. The minimum absolute atomic E-state index is 0.788. The van der Waals surface area contributed by atoms with Crippen LogP contribution in [0.3, 0.4) is 0 Å². The summed E-state index contributed by atoms with van der Waals surface area (Å²) < 4.78 is 0. The molecule has 2 nitrogen and oxygen atoms in total. The van der Waals surface area contributed by atoms with Crippen LogP contribution in [0.4, 0.5) is 0 Å². The van der Waals surface area contributed by atoms with E-state index in [9.17, 15) is 0 Å². The molecule has 0 saturated carbocycles. The summed E-state index contributed by atoms with van der Waals surface area (Å²) in [5.74, 6) is 0.788. The van der Waals surface area contributed by atoms with Crippen molar-refractivity contribution in [2.75, 3.05) is 5.33 Å². The molecule has 1 rings (SSSR count). The Labute approximate surface area is 80.9 Å². The van der Waals surface area contributed by atoms with Crippen molar-refractivity contribution in [3.63, 3.8) is 0 Å². The predicted molar refractivity (Wildman–Crippen MR) is 54.2 cm³/mol. The zero-order valence-corrected chi connectivity index (χ0v) is 8.58. The fourth-order valence-corrected chi connectivity index (χ4v) is 1.06. The minimum atomic E-state index is 0.788. The van der Waals surface area contributed by atoms with Crippen molar-refractivity contribution in [1.29, 1.82) is 0 Å². The second-order valence-corrected chi connectivity index (χ2v) is 3.23. The van der Waals surface area contributed by atoms with Gasteiger partial charge in [0.25, 0.3) is 0 Å². The number of aryl methyl sites for hydroxylation is 1. The number of nitrogens with zero attached hydrogens (tertiary/aromatic N) is 2. The molecule has 1 aromatic rings. The number of hydrogen-bond donors (Lipinski definition) is 0. The third kappa shape index (κ3) is 3.13. The van der Waals surface area contributed by atoms with E-state index in [2.05, 4.69) is 32.0 Å². The van der Waals surface area contributed by atoms with Crippen LogP contribution >= 0.6 is 15.9 Å². The van der Waals surface area contributed by atoms with Crippen LogP contribution in [0.5, 0.6) is 0 Å². The highest BCUT2D eigenvalue weighted by molar-refractivity contribution is 9.09. The SMILES string of the molecule is Cc1ccnc(C=CCCBr)n1. The van der Waals surface area contributed by atoms with Gasteiger partial charge in [0, 0.05) is 17.2 Å². The normalized spacial score (nSPS) is 10.8. The van der Waals surface area contributed by atoms with E-state index < -0.39 is 0 Å². The van der Waals surface area contributed by atoms with Crippen LogP contribution in [0.2, 0.25) is 0 Å². The molecule has 0 spiro atoms. The molecule has 0 aliphatic carbocycles. The summed E-state index contributed by atoms with van der Waals surface area (Å²) in [5.41, 5.74) is 1.00. The first-order valence-electron chi connectivity index (χ1n) is 3.85. The summed E-state index contributed by atoms with van der Waals surface area (Å²) >= 11 is 3.35. The Balaban J connectivity index is 2.63. The van der Waals surface area contributed by atoms with Crippen LogP contribution in [-0.2, 0) is 0 Å². The van der Waals surface area contributed by atoms with E-state index in [4.69, 9.17) is 0 Å². The summed E-state index contributed by atoms with van der Waals surface area (Å²) in [7, 11) is 0. The summed E-state index contributed by atoms with van der Waals surface area (Å²) in [4.78, 5) is 8.33. The first-order chi connectivity index (χ1) is 5.83. The van der Waals surface area contributed by atoms with E-state index in [0.29, 0.717) is 0 Å². The van der Waals surface area contributed by atoms with E-state index in [1.54, 1.807) is 6.20 Å². The second kappa shape index (κ2) is 5.04. The number of allylic oxidation sites excluding steroid dienone is 1. The molecule has 1 aromatic heterocycles. The van der Waals surface area contributed by atoms with Crippen molar-refractivity contribution in [2.24, 2.45) is 0 Å². The maximum absolute atomic E-state index is 4.23. The van der Waals surface area contributed by atoms with E-state index in [1.807, 2.05) is 19.1 Å². The molecule has 12 heavy (non-hydrogen) atoms. The van der Waals surface area contributed by atoms with E-state index in [-0.39, 0.29) is 0 Å². The number of aromatic nitrogens is 2. The highest BCUT2D eigenvalue weighted by Gasteiger charge is 1.88. The smallest absolute Gasteiger partial charge is 0.151 e. The monoisotopic (exact) mass is 226 g/mol. The summed E-state index contributed by atoms with van der Waals surface area (Å²) in [5, 5.41) is 0.981. The Kier molecular flexibility index (Phi) is 3.94. The van der Waals surface area contributed by atoms with Crippen molar-refractivity contribution in [1.82, 2.24) is 9.97 Å². The molecule has 0 bridgehead atoms. The fraction of sp³-hybridized carbons (Fsp3) is 0.333. The van der Waals surface area contributed by atoms with Crippen molar-refractivity contribution in [3.05, 3.63) is 29.9 Å². The lowest BCUT2D eigenvalue weighted by molar-refractivity contribution is 1.07. The van der Waals surface area contributed by atoms with Gasteiger partial charge < -0.3 is 0 Å². The van der Waals surface area contributed by atoms with Gasteiger partial charge in [0.1, 0.15) is 0 Å². The third-order valence-electron chi connectivity index (χ3n) is 1.36. The lowest BCUT2D eigenvalue weighted by Gasteiger charge is -1.92. The van der Waals surface area contributed by atoms with Gasteiger partial charge in [-0.3, -0.25) is 0 Å². The van der Waals surface area contributed by atoms with Gasteiger partial charge in [-0.1, -0.05) is 22.0 Å². The van der Waals surface area contributed by atoms with E-state index in [0.717, 1.165) is 23.3 Å². The zero-order valence-electron chi connectivity index (χ0n) is 7.00. The van der Waals surface area contributed by atoms with Gasteiger partial charge in [0.2, 0.25) is 0 Å². The molecule has 0 aromatic carbocycles. The second-order valence-electron chi connectivity index (χ2n) is 2.44. The average molecular weight is 227 g/mol. The maximum Gasteiger partial charge on any atom is 0.151 e. The molecule has 0 N–H and O–H groups in total. The summed E-state index contributed by atoms with van der Waals surface area (Å²) in [6.07, 6.45) is 6.78. The van der Waals surface area contributed by atoms with E-state index in [1.165, 1.54) is 0 Å². The van der Waals surface area contributed by atoms with Crippen molar-refractivity contribution in [2.45, 2.75) is 13.3 Å². The molecule has 0 aliphatic heterocycles. The molecule has 1 heterocycles. The molecule has 3 heteroatoms. The number of alkyl halides is 1. The zero-order chi connectivity index (χ0) is 8.81. The van der Waals surface area contributed by atoms with E-state index >= 15 is 0 Å². The van der Waals surface area contributed by atoms with Crippen LogP contribution < -0.4 is 0 Å². The summed E-state index contributed by atoms with van der Waals surface area (Å²) in [6.45, 7) is 1.96. The van der Waals surface area contributed by atoms with Gasteiger partial charge >= 0.3 is 0 Å². The van der Waals surface area contributed by atoms with Crippen LogP contribution in [0, 0.1) is 6.92 Å². The average Bonchev–Trinajstić information content (AvgIpc) is 2.05. The van der Waals surface area contributed by atoms with Crippen LogP contribution in [-0.4, -0.2) is 15.3 Å². The number of rotatable bonds is 3. The highest BCUT2D eigenvalue weighted by atomic mass is 79.9. The van der Waals surface area contributed by atoms with Crippen LogP contribution in [0.15, 0.2) is 18.3 Å². The van der Waals surface area contributed by atoms with Gasteiger partial charge in [-0.15, -0.1) is 0 Å². The van der Waals surface area contributed by atoms with Crippen molar-refractivity contribution < 1.29 is 0 Å². The van der Waals surface area contributed by atoms with Gasteiger partial charge in [-0.2, -0.15) is 0 Å². The largest absolute Gasteiger partial charge is 0.237 e. The topological polar surface area (TPSA) is 25.8 Å². The molecule has 64 valence electrons. The van der Waals surface area contributed by atoms with Gasteiger partial charge in [0.05, 0.1) is 0 Å². The predicted octanol–water partition coefficient (Wildman–Crippen LogP) is 2.58. The molecule has 0 radical (unpaired) electrons. The van der Waals surface area contributed by atoms with Gasteiger partial charge in [0.15, 0.2) is 5.82 Å². The van der Waals surface area contributed by atoms with Crippen LogP contribution in [0.25, 0.3) is 6.08 Å². The van der Waals surface area contributed by atoms with Crippen molar-refractivity contribution >= 4 is 22.0 Å². The molecule has 0 fully saturated rings. The van der Waals surface area contributed by atoms with Gasteiger partial charge in [-0.05, 0) is 25.5 Å². The molecular formula is C9H11BrN2. The minimum Gasteiger partial charge on any atom is -0.237 e. The molecule has 0 amide bonds. The molecule has 0 aliphatic rings. The lowest BCUT2D eigenvalue weighted by Crippen LogP contribution is -1.88. The van der Waals surface area contributed by atoms with Crippen LogP contribution in [0.1, 0.15) is 17.9 Å². The summed E-state index contributed by atoms with van der Waals surface area (Å²) in [6, 6.07) is 1.89. The standard InChI is InChI=1S/C9H11BrN2/c1-8-5-7-11-9(12-8)4-2-3-6-10/h2,4-5,7H,3,6H2,1H3. The maximum atomic E-state index is 4.23. The Morgan fingerprint density at radius 3 is 3.08 bits per heavy atom. The van der Waals surface area contributed by atoms with Crippen molar-refractivity contribution in [3.8, 4) is 0 Å². The quantitative estimate of drug-likeness (QED) is 0.741. The Hall–Kier alpha value is -0.700. The number of halogens is 1. The first-order valence-corrected chi connectivity index (χ1v) is 4.97.